The molecule has 19 heavy (non-hydrogen) atoms. The molecule has 1 aromatic carbocycles. The Morgan fingerprint density at radius 3 is 2.16 bits per heavy atom. The van der Waals surface area contributed by atoms with Crippen LogP contribution in [-0.4, -0.2) is 30.8 Å². The van der Waals surface area contributed by atoms with Crippen molar-refractivity contribution < 1.29 is 27.8 Å². The second kappa shape index (κ2) is 6.25. The van der Waals surface area contributed by atoms with E-state index in [1.165, 1.54) is 31.4 Å². The highest BCUT2D eigenvalue weighted by Crippen LogP contribution is 2.24. The molecule has 6 heteroatoms. The van der Waals surface area contributed by atoms with Crippen molar-refractivity contribution in [2.24, 2.45) is 0 Å². The number of methoxy groups -OCH3 is 1. The quantitative estimate of drug-likeness (QED) is 0.869. The summed E-state index contributed by atoms with van der Waals surface area (Å²) in [6, 6.07) is 5.45. The number of hydrogen-bond donors (Lipinski definition) is 1. The number of ether oxygens (including phenoxy) is 2. The van der Waals surface area contributed by atoms with E-state index in [2.05, 4.69) is 4.74 Å². The molecule has 0 fully saturated rings. The predicted octanol–water partition coefficient (Wildman–Crippen LogP) is 2.92. The van der Waals surface area contributed by atoms with Gasteiger partial charge in [-0.2, -0.15) is 0 Å². The number of rotatable bonds is 6. The van der Waals surface area contributed by atoms with Gasteiger partial charge in [-0.25, -0.2) is 0 Å². The Balaban J connectivity index is 2.71. The third-order valence-corrected chi connectivity index (χ3v) is 2.76. The van der Waals surface area contributed by atoms with Gasteiger partial charge in [-0.05, 0) is 24.1 Å². The van der Waals surface area contributed by atoms with Crippen molar-refractivity contribution in [2.75, 3.05) is 13.7 Å². The minimum atomic E-state index is -4.69. The van der Waals surface area contributed by atoms with Crippen LogP contribution in [0.2, 0.25) is 0 Å². The highest BCUT2D eigenvalue weighted by molar-refractivity contribution is 5.28. The summed E-state index contributed by atoms with van der Waals surface area (Å²) in [5, 5.41) is 10.2. The summed E-state index contributed by atoms with van der Waals surface area (Å²) in [6.07, 6.45) is -3.90. The minimum Gasteiger partial charge on any atom is -0.406 e. The zero-order valence-corrected chi connectivity index (χ0v) is 10.8. The van der Waals surface area contributed by atoms with E-state index in [1.54, 1.807) is 0 Å². The average Bonchev–Trinajstić information content (AvgIpc) is 2.30. The normalized spacial score (nSPS) is 15.1. The van der Waals surface area contributed by atoms with Crippen LogP contribution in [0.15, 0.2) is 24.3 Å². The van der Waals surface area contributed by atoms with Crippen molar-refractivity contribution in [3.63, 3.8) is 0 Å². The van der Waals surface area contributed by atoms with Crippen LogP contribution in [-0.2, 0) is 11.2 Å². The van der Waals surface area contributed by atoms with E-state index in [0.29, 0.717) is 12.8 Å². The topological polar surface area (TPSA) is 38.7 Å². The van der Waals surface area contributed by atoms with Crippen molar-refractivity contribution in [1.29, 1.82) is 0 Å². The minimum absolute atomic E-state index is 0.171. The summed E-state index contributed by atoms with van der Waals surface area (Å²) < 4.78 is 44.7. The van der Waals surface area contributed by atoms with Crippen LogP contribution in [0.1, 0.15) is 18.9 Å². The van der Waals surface area contributed by atoms with Gasteiger partial charge in [0, 0.05) is 13.5 Å². The second-order valence-electron chi connectivity index (χ2n) is 4.38. The first kappa shape index (κ1) is 15.8. The average molecular weight is 278 g/mol. The van der Waals surface area contributed by atoms with Crippen molar-refractivity contribution in [3.8, 4) is 5.75 Å². The lowest BCUT2D eigenvalue weighted by atomic mass is 9.93. The van der Waals surface area contributed by atoms with Gasteiger partial charge >= 0.3 is 6.36 Å². The van der Waals surface area contributed by atoms with E-state index in [9.17, 15) is 18.3 Å². The number of aliphatic hydroxyl groups is 1. The maximum Gasteiger partial charge on any atom is 0.573 e. The highest BCUT2D eigenvalue weighted by atomic mass is 19.4. The summed E-state index contributed by atoms with van der Waals surface area (Å²) in [6.45, 7) is 1.99. The third kappa shape index (κ3) is 5.48. The number of halogens is 3. The molecule has 0 heterocycles. The van der Waals surface area contributed by atoms with Gasteiger partial charge in [0.05, 0.1) is 12.2 Å². The number of hydrogen-bond acceptors (Lipinski definition) is 3. The van der Waals surface area contributed by atoms with Crippen LogP contribution in [0, 0.1) is 0 Å². The molecule has 0 spiro atoms. The molecule has 1 atom stereocenters. The summed E-state index contributed by atoms with van der Waals surface area (Å²) >= 11 is 0. The summed E-state index contributed by atoms with van der Waals surface area (Å²) in [7, 11) is 1.49. The molecule has 0 amide bonds. The Morgan fingerprint density at radius 2 is 1.74 bits per heavy atom. The van der Waals surface area contributed by atoms with Crippen molar-refractivity contribution in [3.05, 3.63) is 29.8 Å². The van der Waals surface area contributed by atoms with Gasteiger partial charge in [-0.3, -0.25) is 0 Å². The van der Waals surface area contributed by atoms with Crippen LogP contribution < -0.4 is 4.74 Å². The third-order valence-electron chi connectivity index (χ3n) is 2.76. The van der Waals surface area contributed by atoms with Crippen LogP contribution in [0.5, 0.6) is 5.75 Å². The maximum absolute atomic E-state index is 12.0. The standard InChI is InChI=1S/C13H17F3O3/c1-3-12(17,9-18-2)8-10-4-6-11(7-5-10)19-13(14,15)16/h4-7,17H,3,8-9H2,1-2H3. The van der Waals surface area contributed by atoms with E-state index in [0.717, 1.165) is 5.56 Å². The van der Waals surface area contributed by atoms with Crippen LogP contribution in [0.4, 0.5) is 13.2 Å². The van der Waals surface area contributed by atoms with Crippen LogP contribution in [0.25, 0.3) is 0 Å². The van der Waals surface area contributed by atoms with E-state index < -0.39 is 12.0 Å². The fourth-order valence-electron chi connectivity index (χ4n) is 1.74. The zero-order chi connectivity index (χ0) is 14.5. The van der Waals surface area contributed by atoms with E-state index in [-0.39, 0.29) is 12.4 Å². The van der Waals surface area contributed by atoms with Crippen LogP contribution >= 0.6 is 0 Å². The molecule has 0 saturated carbocycles. The first-order valence-electron chi connectivity index (χ1n) is 5.84. The summed E-state index contributed by atoms with van der Waals surface area (Å²) in [5.41, 5.74) is -0.294. The number of alkyl halides is 3. The number of benzene rings is 1. The first-order chi connectivity index (χ1) is 8.78. The van der Waals surface area contributed by atoms with Gasteiger partial charge in [-0.15, -0.1) is 13.2 Å². The lowest BCUT2D eigenvalue weighted by molar-refractivity contribution is -0.274. The largest absolute Gasteiger partial charge is 0.573 e. The molecular formula is C13H17F3O3. The Bertz CT molecular complexity index is 389. The molecule has 0 bridgehead atoms. The maximum atomic E-state index is 12.0. The van der Waals surface area contributed by atoms with E-state index >= 15 is 0 Å². The van der Waals surface area contributed by atoms with Gasteiger partial charge in [-0.1, -0.05) is 19.1 Å². The molecular weight excluding hydrogens is 261 g/mol. The van der Waals surface area contributed by atoms with Gasteiger partial charge in [0.1, 0.15) is 5.75 Å². The summed E-state index contributed by atoms with van der Waals surface area (Å²) in [5.74, 6) is -0.275. The smallest absolute Gasteiger partial charge is 0.406 e. The van der Waals surface area contributed by atoms with Crippen LogP contribution in [0.3, 0.4) is 0 Å². The molecule has 0 radical (unpaired) electrons. The molecule has 1 N–H and O–H groups in total. The lowest BCUT2D eigenvalue weighted by Gasteiger charge is -2.26. The van der Waals surface area contributed by atoms with Crippen molar-refractivity contribution in [1.82, 2.24) is 0 Å². The van der Waals surface area contributed by atoms with Crippen molar-refractivity contribution >= 4 is 0 Å². The zero-order valence-electron chi connectivity index (χ0n) is 10.8. The van der Waals surface area contributed by atoms with E-state index in [4.69, 9.17) is 4.74 Å². The van der Waals surface area contributed by atoms with E-state index in [1.807, 2.05) is 6.92 Å². The Kier molecular flexibility index (Phi) is 5.20. The highest BCUT2D eigenvalue weighted by Gasteiger charge is 2.31. The monoisotopic (exact) mass is 278 g/mol. The second-order valence-corrected chi connectivity index (χ2v) is 4.38. The Hall–Kier alpha value is -1.27. The SMILES string of the molecule is CCC(O)(COC)Cc1ccc(OC(F)(F)F)cc1. The fraction of sp³-hybridized carbons (Fsp3) is 0.538. The molecule has 3 nitrogen and oxygen atoms in total. The molecule has 0 aliphatic carbocycles. The lowest BCUT2D eigenvalue weighted by Crippen LogP contribution is -2.35. The molecule has 1 rings (SSSR count). The first-order valence-corrected chi connectivity index (χ1v) is 5.84. The summed E-state index contributed by atoms with van der Waals surface area (Å²) in [4.78, 5) is 0. The molecule has 0 aliphatic heterocycles. The van der Waals surface area contributed by atoms with Gasteiger partial charge in [0.15, 0.2) is 0 Å². The van der Waals surface area contributed by atoms with Crippen molar-refractivity contribution in [2.45, 2.75) is 31.7 Å². The Morgan fingerprint density at radius 1 is 1.16 bits per heavy atom. The molecule has 1 aromatic rings. The molecule has 108 valence electrons. The molecule has 0 saturated heterocycles. The fourth-order valence-corrected chi connectivity index (χ4v) is 1.74. The van der Waals surface area contributed by atoms with Gasteiger partial charge < -0.3 is 14.6 Å². The molecule has 1 unspecified atom stereocenters. The van der Waals surface area contributed by atoms with Gasteiger partial charge in [0.25, 0.3) is 0 Å². The van der Waals surface area contributed by atoms with Gasteiger partial charge in [0.2, 0.25) is 0 Å². The molecule has 0 aliphatic rings. The molecule has 0 aromatic heterocycles. The Labute approximate surface area is 110 Å². The predicted molar refractivity (Wildman–Crippen MR) is 63.9 cm³/mol.